The minimum absolute atomic E-state index is 0.129. The average molecular weight is 425 g/mol. The molecule has 0 radical (unpaired) electrons. The minimum atomic E-state index is -0.731. The van der Waals surface area contributed by atoms with Gasteiger partial charge in [-0.05, 0) is 73.6 Å². The lowest BCUT2D eigenvalue weighted by atomic mass is 9.92. The molecule has 0 fully saturated rings. The Bertz CT molecular complexity index is 950. The van der Waals surface area contributed by atoms with Crippen LogP contribution in [-0.2, 0) is 27.1 Å². The third-order valence-electron chi connectivity index (χ3n) is 5.30. The van der Waals surface area contributed by atoms with Crippen LogP contribution in [0.4, 0.5) is 5.69 Å². The van der Waals surface area contributed by atoms with Crippen molar-refractivity contribution in [2.75, 3.05) is 19.5 Å². The van der Waals surface area contributed by atoms with Gasteiger partial charge in [-0.1, -0.05) is 13.0 Å². The van der Waals surface area contributed by atoms with Crippen molar-refractivity contribution in [2.45, 2.75) is 45.1 Å². The van der Waals surface area contributed by atoms with E-state index in [1.54, 1.807) is 0 Å². The van der Waals surface area contributed by atoms with Crippen molar-refractivity contribution in [3.05, 3.63) is 58.7 Å². The molecular formula is C24H27NO6. The maximum atomic E-state index is 12.9. The first-order chi connectivity index (χ1) is 14.9. The van der Waals surface area contributed by atoms with Gasteiger partial charge in [-0.25, -0.2) is 9.59 Å². The number of amides is 1. The van der Waals surface area contributed by atoms with Crippen LogP contribution in [0, 0.1) is 0 Å². The summed E-state index contributed by atoms with van der Waals surface area (Å²) in [6.45, 7) is 1.85. The van der Waals surface area contributed by atoms with Gasteiger partial charge in [0.15, 0.2) is 6.10 Å². The molecule has 1 N–H and O–H groups in total. The van der Waals surface area contributed by atoms with Gasteiger partial charge in [0, 0.05) is 5.69 Å². The Morgan fingerprint density at radius 1 is 0.903 bits per heavy atom. The molecule has 1 atom stereocenters. The lowest BCUT2D eigenvalue weighted by Gasteiger charge is -2.20. The van der Waals surface area contributed by atoms with E-state index in [-0.39, 0.29) is 22.7 Å². The summed E-state index contributed by atoms with van der Waals surface area (Å²) < 4.78 is 15.4. The van der Waals surface area contributed by atoms with Crippen molar-refractivity contribution < 1.29 is 28.6 Å². The molecule has 1 aliphatic rings. The summed E-state index contributed by atoms with van der Waals surface area (Å²) in [6, 6.07) is 10.2. The van der Waals surface area contributed by atoms with Crippen molar-refractivity contribution in [1.29, 1.82) is 0 Å². The first-order valence-corrected chi connectivity index (χ1v) is 10.4. The van der Waals surface area contributed by atoms with Crippen molar-refractivity contribution in [3.63, 3.8) is 0 Å². The molecular weight excluding hydrogens is 398 g/mol. The Balaban J connectivity index is 1.78. The highest BCUT2D eigenvalue weighted by molar-refractivity contribution is 6.00. The zero-order valence-electron chi connectivity index (χ0n) is 18.0. The molecule has 31 heavy (non-hydrogen) atoms. The molecule has 0 aromatic heterocycles. The molecule has 0 bridgehead atoms. The van der Waals surface area contributed by atoms with Gasteiger partial charge in [0.05, 0.1) is 25.3 Å². The first-order valence-electron chi connectivity index (χ1n) is 10.4. The van der Waals surface area contributed by atoms with Crippen LogP contribution in [0.5, 0.6) is 5.75 Å². The number of rotatable bonds is 7. The number of aryl methyl sites for hydroxylation is 2. The average Bonchev–Trinajstić information content (AvgIpc) is 2.80. The number of carbonyl (C=O) groups is 3. The number of carbonyl (C=O) groups excluding carboxylic acids is 3. The number of ether oxygens (including phenoxy) is 3. The number of hydrogen-bond donors (Lipinski definition) is 1. The highest BCUT2D eigenvalue weighted by Gasteiger charge is 2.21. The number of methoxy groups -OCH3 is 2. The highest BCUT2D eigenvalue weighted by Crippen LogP contribution is 2.26. The Morgan fingerprint density at radius 3 is 2.10 bits per heavy atom. The van der Waals surface area contributed by atoms with Crippen LogP contribution < -0.4 is 10.1 Å². The molecule has 0 spiro atoms. The Hall–Kier alpha value is -3.35. The molecule has 0 unspecified atom stereocenters. The summed E-state index contributed by atoms with van der Waals surface area (Å²) in [6.07, 6.45) is 4.17. The zero-order valence-corrected chi connectivity index (χ0v) is 18.0. The summed E-state index contributed by atoms with van der Waals surface area (Å²) in [7, 11) is 2.48. The number of fused-ring (bicyclic) bond motifs is 1. The maximum Gasteiger partial charge on any atom is 0.337 e. The van der Waals surface area contributed by atoms with E-state index < -0.39 is 18.0 Å². The molecule has 0 heterocycles. The summed E-state index contributed by atoms with van der Waals surface area (Å²) in [5.41, 5.74) is 3.15. The molecule has 2 aromatic carbocycles. The van der Waals surface area contributed by atoms with Crippen LogP contribution >= 0.6 is 0 Å². The van der Waals surface area contributed by atoms with Crippen LogP contribution in [0.2, 0.25) is 0 Å². The van der Waals surface area contributed by atoms with Crippen molar-refractivity contribution in [2.24, 2.45) is 0 Å². The fourth-order valence-corrected chi connectivity index (χ4v) is 3.66. The van der Waals surface area contributed by atoms with Crippen LogP contribution in [-0.4, -0.2) is 38.2 Å². The number of anilines is 1. The van der Waals surface area contributed by atoms with E-state index >= 15 is 0 Å². The molecule has 3 rings (SSSR count). The first kappa shape index (κ1) is 22.3. The lowest BCUT2D eigenvalue weighted by molar-refractivity contribution is -0.122. The molecule has 0 aliphatic heterocycles. The van der Waals surface area contributed by atoms with Crippen LogP contribution in [0.3, 0.4) is 0 Å². The van der Waals surface area contributed by atoms with E-state index in [1.807, 2.05) is 19.1 Å². The second-order valence-corrected chi connectivity index (χ2v) is 7.42. The maximum absolute atomic E-state index is 12.9. The van der Waals surface area contributed by atoms with Crippen LogP contribution in [0.1, 0.15) is 58.0 Å². The minimum Gasteiger partial charge on any atom is -0.481 e. The summed E-state index contributed by atoms with van der Waals surface area (Å²) in [4.78, 5) is 36.8. The lowest BCUT2D eigenvalue weighted by Crippen LogP contribution is -2.32. The van der Waals surface area contributed by atoms with Gasteiger partial charge in [-0.2, -0.15) is 0 Å². The number of nitrogens with one attached hydrogen (secondary N) is 1. The standard InChI is InChI=1S/C24H27NO6/c1-4-21(31-20-10-9-15-7-5-6-8-16(15)14-20)22(26)25-19-12-17(23(27)29-2)11-18(13-19)24(28)30-3/h9-14,21H,4-8H2,1-3H3,(H,25,26)/t21-/m0/s1. The SMILES string of the molecule is CC[C@H](Oc1ccc2c(c1)CCCC2)C(=O)Nc1cc(C(=O)OC)cc(C(=O)OC)c1. The largest absolute Gasteiger partial charge is 0.481 e. The third-order valence-corrected chi connectivity index (χ3v) is 5.30. The van der Waals surface area contributed by atoms with Gasteiger partial charge in [0.25, 0.3) is 5.91 Å². The molecule has 7 heteroatoms. The Morgan fingerprint density at radius 2 is 1.52 bits per heavy atom. The number of hydrogen-bond acceptors (Lipinski definition) is 6. The van der Waals surface area contributed by atoms with Crippen LogP contribution in [0.15, 0.2) is 36.4 Å². The monoisotopic (exact) mass is 425 g/mol. The van der Waals surface area contributed by atoms with E-state index in [9.17, 15) is 14.4 Å². The Kier molecular flexibility index (Phi) is 7.28. The molecule has 0 saturated heterocycles. The van der Waals surface area contributed by atoms with Gasteiger partial charge in [-0.3, -0.25) is 4.79 Å². The quantitative estimate of drug-likeness (QED) is 0.676. The highest BCUT2D eigenvalue weighted by atomic mass is 16.5. The fourth-order valence-electron chi connectivity index (χ4n) is 3.66. The predicted octanol–water partition coefficient (Wildman–Crippen LogP) is 3.93. The second kappa shape index (κ2) is 10.1. The molecule has 164 valence electrons. The normalized spacial score (nSPS) is 13.5. The zero-order chi connectivity index (χ0) is 22.4. The van der Waals surface area contributed by atoms with E-state index in [2.05, 4.69) is 11.4 Å². The van der Waals surface area contributed by atoms with E-state index in [0.717, 1.165) is 19.3 Å². The summed E-state index contributed by atoms with van der Waals surface area (Å²) >= 11 is 0. The van der Waals surface area contributed by atoms with Crippen molar-refractivity contribution in [1.82, 2.24) is 0 Å². The second-order valence-electron chi connectivity index (χ2n) is 7.42. The molecule has 1 amide bonds. The van der Waals surface area contributed by atoms with E-state index in [0.29, 0.717) is 12.2 Å². The van der Waals surface area contributed by atoms with Gasteiger partial charge in [-0.15, -0.1) is 0 Å². The molecule has 7 nitrogen and oxygen atoms in total. The van der Waals surface area contributed by atoms with Crippen molar-refractivity contribution in [3.8, 4) is 5.75 Å². The fraction of sp³-hybridized carbons (Fsp3) is 0.375. The van der Waals surface area contributed by atoms with E-state index in [1.165, 1.54) is 50.0 Å². The van der Waals surface area contributed by atoms with Crippen LogP contribution in [0.25, 0.3) is 0 Å². The molecule has 1 aliphatic carbocycles. The third kappa shape index (κ3) is 5.42. The van der Waals surface area contributed by atoms with Gasteiger partial charge in [0.1, 0.15) is 5.75 Å². The Labute approximate surface area is 181 Å². The smallest absolute Gasteiger partial charge is 0.337 e. The van der Waals surface area contributed by atoms with Gasteiger partial charge in [0.2, 0.25) is 0 Å². The number of benzene rings is 2. The number of esters is 2. The molecule has 0 saturated carbocycles. The topological polar surface area (TPSA) is 90.9 Å². The predicted molar refractivity (Wildman–Crippen MR) is 116 cm³/mol. The summed E-state index contributed by atoms with van der Waals surface area (Å²) in [5, 5.41) is 2.73. The van der Waals surface area contributed by atoms with E-state index in [4.69, 9.17) is 14.2 Å². The summed E-state index contributed by atoms with van der Waals surface area (Å²) in [5.74, 6) is -0.975. The van der Waals surface area contributed by atoms with Gasteiger partial charge < -0.3 is 19.5 Å². The van der Waals surface area contributed by atoms with Gasteiger partial charge >= 0.3 is 11.9 Å². The van der Waals surface area contributed by atoms with Crippen molar-refractivity contribution >= 4 is 23.5 Å². The molecule has 2 aromatic rings.